The fraction of sp³-hybridized carbons (Fsp3) is 0.278. The molecule has 3 rings (SSSR count). The molecular formula is C18H19NS. The molecule has 102 valence electrons. The Kier molecular flexibility index (Phi) is 4.22. The van der Waals surface area contributed by atoms with Gasteiger partial charge in [-0.1, -0.05) is 36.4 Å². The Morgan fingerprint density at radius 3 is 2.75 bits per heavy atom. The van der Waals surface area contributed by atoms with Crippen LogP contribution in [-0.4, -0.2) is 10.2 Å². The molecule has 20 heavy (non-hydrogen) atoms. The number of aromatic nitrogens is 1. The van der Waals surface area contributed by atoms with Crippen molar-refractivity contribution in [1.29, 1.82) is 0 Å². The third-order valence-electron chi connectivity index (χ3n) is 3.90. The summed E-state index contributed by atoms with van der Waals surface area (Å²) < 4.78 is 0. The lowest BCUT2D eigenvalue weighted by molar-refractivity contribution is 0.693. The molecule has 0 radical (unpaired) electrons. The van der Waals surface area contributed by atoms with E-state index in [0.29, 0.717) is 11.2 Å². The van der Waals surface area contributed by atoms with E-state index < -0.39 is 0 Å². The molecule has 0 saturated heterocycles. The molecule has 2 heterocycles. The number of hydrogen-bond donors (Lipinski definition) is 0. The largest absolute Gasteiger partial charge is 0.261 e. The van der Waals surface area contributed by atoms with Gasteiger partial charge >= 0.3 is 0 Å². The van der Waals surface area contributed by atoms with Crippen molar-refractivity contribution in [2.45, 2.75) is 30.9 Å². The third-order valence-corrected chi connectivity index (χ3v) is 5.09. The van der Waals surface area contributed by atoms with Crippen LogP contribution in [0.4, 0.5) is 0 Å². The molecule has 2 heteroatoms. The highest BCUT2D eigenvalue weighted by Gasteiger charge is 2.25. The van der Waals surface area contributed by atoms with Crippen molar-refractivity contribution in [3.63, 3.8) is 0 Å². The Balaban J connectivity index is 1.70. The zero-order chi connectivity index (χ0) is 13.8. The lowest BCUT2D eigenvalue weighted by Crippen LogP contribution is -2.12. The number of nitrogens with zero attached hydrogens (tertiary/aromatic N) is 1. The topological polar surface area (TPSA) is 12.9 Å². The van der Waals surface area contributed by atoms with Crippen LogP contribution in [0.2, 0.25) is 0 Å². The SMILES string of the molecule is Cc1ccccc1C1C=CSC1CCc1ccccn1. The summed E-state index contributed by atoms with van der Waals surface area (Å²) >= 11 is 1.96. The van der Waals surface area contributed by atoms with Gasteiger partial charge < -0.3 is 0 Å². The zero-order valence-corrected chi connectivity index (χ0v) is 12.5. The third kappa shape index (κ3) is 2.96. The van der Waals surface area contributed by atoms with Gasteiger partial charge in [-0.3, -0.25) is 4.98 Å². The van der Waals surface area contributed by atoms with Crippen molar-refractivity contribution < 1.29 is 0 Å². The maximum Gasteiger partial charge on any atom is 0.0404 e. The van der Waals surface area contributed by atoms with E-state index in [4.69, 9.17) is 0 Å². The van der Waals surface area contributed by atoms with Gasteiger partial charge in [0.15, 0.2) is 0 Å². The summed E-state index contributed by atoms with van der Waals surface area (Å²) in [6.45, 7) is 2.21. The van der Waals surface area contributed by atoms with Gasteiger partial charge in [0.1, 0.15) is 0 Å². The number of allylic oxidation sites excluding steroid dienone is 1. The Morgan fingerprint density at radius 1 is 1.10 bits per heavy atom. The number of benzene rings is 1. The van der Waals surface area contributed by atoms with E-state index in [2.05, 4.69) is 59.8 Å². The molecule has 2 aromatic rings. The van der Waals surface area contributed by atoms with Crippen molar-refractivity contribution >= 4 is 11.8 Å². The maximum absolute atomic E-state index is 4.43. The van der Waals surface area contributed by atoms with Crippen LogP contribution < -0.4 is 0 Å². The lowest BCUT2D eigenvalue weighted by Gasteiger charge is -2.20. The van der Waals surface area contributed by atoms with Gasteiger partial charge in [0.05, 0.1) is 0 Å². The number of hydrogen-bond acceptors (Lipinski definition) is 2. The molecule has 1 aromatic carbocycles. The summed E-state index contributed by atoms with van der Waals surface area (Å²) in [4.78, 5) is 4.43. The van der Waals surface area contributed by atoms with Crippen LogP contribution in [0, 0.1) is 6.92 Å². The second-order valence-corrected chi connectivity index (χ2v) is 6.40. The van der Waals surface area contributed by atoms with Gasteiger partial charge in [0, 0.05) is 23.1 Å². The molecule has 0 saturated carbocycles. The molecule has 0 fully saturated rings. The van der Waals surface area contributed by atoms with Crippen molar-refractivity contribution in [3.05, 3.63) is 77.0 Å². The maximum atomic E-state index is 4.43. The summed E-state index contributed by atoms with van der Waals surface area (Å²) in [5, 5.41) is 2.90. The normalized spacial score (nSPS) is 21.2. The van der Waals surface area contributed by atoms with Gasteiger partial charge in [-0.25, -0.2) is 0 Å². The van der Waals surface area contributed by atoms with Crippen molar-refractivity contribution in [3.8, 4) is 0 Å². The zero-order valence-electron chi connectivity index (χ0n) is 11.7. The predicted molar refractivity (Wildman–Crippen MR) is 87.0 cm³/mol. The van der Waals surface area contributed by atoms with Gasteiger partial charge in [-0.2, -0.15) is 0 Å². The average Bonchev–Trinajstić information content (AvgIpc) is 2.95. The van der Waals surface area contributed by atoms with Gasteiger partial charge in [-0.05, 0) is 48.4 Å². The second-order valence-electron chi connectivity index (χ2n) is 5.25. The van der Waals surface area contributed by atoms with Crippen molar-refractivity contribution in [2.24, 2.45) is 0 Å². The fourth-order valence-corrected chi connectivity index (χ4v) is 3.91. The van der Waals surface area contributed by atoms with Crippen LogP contribution in [0.1, 0.15) is 29.2 Å². The summed E-state index contributed by atoms with van der Waals surface area (Å²) in [6.07, 6.45) is 6.47. The molecule has 1 aromatic heterocycles. The standard InChI is InChI=1S/C18H19NS/c1-14-6-2-3-8-16(14)17-11-13-20-18(17)10-9-15-7-4-5-12-19-15/h2-8,11-13,17-18H,9-10H2,1H3. The van der Waals surface area contributed by atoms with E-state index in [9.17, 15) is 0 Å². The van der Waals surface area contributed by atoms with E-state index in [1.165, 1.54) is 23.2 Å². The molecule has 1 aliphatic rings. The highest BCUT2D eigenvalue weighted by atomic mass is 32.2. The Morgan fingerprint density at radius 2 is 1.95 bits per heavy atom. The first-order valence-electron chi connectivity index (χ1n) is 7.12. The quantitative estimate of drug-likeness (QED) is 0.803. The summed E-state index contributed by atoms with van der Waals surface area (Å²) in [6, 6.07) is 14.9. The van der Waals surface area contributed by atoms with Crippen LogP contribution in [0.3, 0.4) is 0 Å². The highest BCUT2D eigenvalue weighted by molar-refractivity contribution is 8.03. The minimum atomic E-state index is 0.546. The molecule has 2 atom stereocenters. The van der Waals surface area contributed by atoms with Gasteiger partial charge in [-0.15, -0.1) is 11.8 Å². The molecular weight excluding hydrogens is 262 g/mol. The van der Waals surface area contributed by atoms with Crippen LogP contribution >= 0.6 is 11.8 Å². The molecule has 0 spiro atoms. The molecule has 0 amide bonds. The molecule has 1 aliphatic heterocycles. The first-order valence-corrected chi connectivity index (χ1v) is 8.06. The van der Waals surface area contributed by atoms with Crippen LogP contribution in [0.15, 0.2) is 60.1 Å². The van der Waals surface area contributed by atoms with Gasteiger partial charge in [0.2, 0.25) is 0 Å². The Bertz CT molecular complexity index is 591. The fourth-order valence-electron chi connectivity index (χ4n) is 2.79. The monoisotopic (exact) mass is 281 g/mol. The minimum absolute atomic E-state index is 0.546. The lowest BCUT2D eigenvalue weighted by atomic mass is 9.90. The highest BCUT2D eigenvalue weighted by Crippen LogP contribution is 2.40. The van der Waals surface area contributed by atoms with Crippen LogP contribution in [-0.2, 0) is 6.42 Å². The molecule has 1 nitrogen and oxygen atoms in total. The van der Waals surface area contributed by atoms with Crippen LogP contribution in [0.5, 0.6) is 0 Å². The first-order chi connectivity index (χ1) is 9.84. The number of aryl methyl sites for hydroxylation is 2. The minimum Gasteiger partial charge on any atom is -0.261 e. The molecule has 2 unspecified atom stereocenters. The van der Waals surface area contributed by atoms with E-state index in [1.807, 2.05) is 24.0 Å². The van der Waals surface area contributed by atoms with Crippen molar-refractivity contribution in [1.82, 2.24) is 4.98 Å². The molecule has 0 N–H and O–H groups in total. The average molecular weight is 281 g/mol. The summed E-state index contributed by atoms with van der Waals surface area (Å²) in [5.41, 5.74) is 4.07. The number of rotatable bonds is 4. The van der Waals surface area contributed by atoms with E-state index in [1.54, 1.807) is 0 Å². The van der Waals surface area contributed by atoms with Gasteiger partial charge in [0.25, 0.3) is 0 Å². The Labute approximate surface area is 125 Å². The molecule has 0 bridgehead atoms. The van der Waals surface area contributed by atoms with E-state index in [-0.39, 0.29) is 0 Å². The first kappa shape index (κ1) is 13.4. The second kappa shape index (κ2) is 6.27. The van der Waals surface area contributed by atoms with Crippen LogP contribution in [0.25, 0.3) is 0 Å². The molecule has 0 aliphatic carbocycles. The smallest absolute Gasteiger partial charge is 0.0404 e. The predicted octanol–water partition coefficient (Wildman–Crippen LogP) is 4.74. The van der Waals surface area contributed by atoms with E-state index in [0.717, 1.165) is 6.42 Å². The van der Waals surface area contributed by atoms with Crippen molar-refractivity contribution in [2.75, 3.05) is 0 Å². The number of thioether (sulfide) groups is 1. The Hall–Kier alpha value is -1.54. The number of pyridine rings is 1. The summed E-state index contributed by atoms with van der Waals surface area (Å²) in [7, 11) is 0. The summed E-state index contributed by atoms with van der Waals surface area (Å²) in [5.74, 6) is 0.546. The van der Waals surface area contributed by atoms with E-state index >= 15 is 0 Å².